The molecule has 1 aromatic rings. The van der Waals surface area contributed by atoms with Crippen LogP contribution in [0.15, 0.2) is 24.3 Å². The number of rotatable bonds is 8. The van der Waals surface area contributed by atoms with Gasteiger partial charge in [-0.15, -0.1) is 0 Å². The highest BCUT2D eigenvalue weighted by molar-refractivity contribution is 5.47. The van der Waals surface area contributed by atoms with Crippen molar-refractivity contribution in [3.8, 4) is 0 Å². The molecule has 0 radical (unpaired) electrons. The normalized spacial score (nSPS) is 19.1. The average Bonchev–Trinajstić information content (AvgIpc) is 2.97. The van der Waals surface area contributed by atoms with E-state index in [1.807, 2.05) is 0 Å². The largest absolute Gasteiger partial charge is 0.372 e. The fraction of sp³-hybridized carbons (Fsp3) is 0.667. The maximum Gasteiger partial charge on any atom is 0.0366 e. The Labute approximate surface area is 130 Å². The Bertz CT molecular complexity index is 397. The summed E-state index contributed by atoms with van der Waals surface area (Å²) in [7, 11) is 0. The van der Waals surface area contributed by atoms with Crippen LogP contribution in [0.2, 0.25) is 0 Å². The number of hydrogen-bond acceptors (Lipinski definition) is 3. The zero-order valence-electron chi connectivity index (χ0n) is 13.9. The van der Waals surface area contributed by atoms with Crippen LogP contribution in [0.5, 0.6) is 0 Å². The summed E-state index contributed by atoms with van der Waals surface area (Å²) in [5.74, 6) is 0. The Morgan fingerprint density at radius 2 is 1.86 bits per heavy atom. The summed E-state index contributed by atoms with van der Waals surface area (Å²) in [6.45, 7) is 13.4. The van der Waals surface area contributed by atoms with E-state index in [-0.39, 0.29) is 0 Å². The van der Waals surface area contributed by atoms with Crippen molar-refractivity contribution in [2.24, 2.45) is 0 Å². The number of nitrogens with zero attached hydrogens (tertiary/aromatic N) is 2. The molecular formula is C18H31N3. The van der Waals surface area contributed by atoms with Crippen LogP contribution in [-0.4, -0.2) is 43.7 Å². The van der Waals surface area contributed by atoms with E-state index in [0.29, 0.717) is 0 Å². The van der Waals surface area contributed by atoms with Gasteiger partial charge >= 0.3 is 0 Å². The van der Waals surface area contributed by atoms with E-state index in [4.69, 9.17) is 0 Å². The molecule has 1 heterocycles. The molecule has 0 unspecified atom stereocenters. The van der Waals surface area contributed by atoms with Crippen molar-refractivity contribution in [1.82, 2.24) is 10.2 Å². The lowest BCUT2D eigenvalue weighted by atomic mass is 10.1. The van der Waals surface area contributed by atoms with Crippen molar-refractivity contribution >= 4 is 5.69 Å². The summed E-state index contributed by atoms with van der Waals surface area (Å²) < 4.78 is 0. The quantitative estimate of drug-likeness (QED) is 0.793. The van der Waals surface area contributed by atoms with Crippen molar-refractivity contribution in [1.29, 1.82) is 0 Å². The minimum absolute atomic E-state index is 0.741. The first-order chi connectivity index (χ1) is 10.3. The van der Waals surface area contributed by atoms with Crippen LogP contribution >= 0.6 is 0 Å². The third-order valence-corrected chi connectivity index (χ3v) is 4.68. The van der Waals surface area contributed by atoms with Crippen LogP contribution in [-0.2, 0) is 6.54 Å². The lowest BCUT2D eigenvalue weighted by Gasteiger charge is -2.23. The third kappa shape index (κ3) is 4.45. The monoisotopic (exact) mass is 289 g/mol. The number of anilines is 1. The molecule has 1 N–H and O–H groups in total. The van der Waals surface area contributed by atoms with Crippen molar-refractivity contribution in [3.05, 3.63) is 29.8 Å². The van der Waals surface area contributed by atoms with E-state index < -0.39 is 0 Å². The Hall–Kier alpha value is -1.06. The number of nitrogens with one attached hydrogen (secondary N) is 1. The molecule has 0 aromatic heterocycles. The van der Waals surface area contributed by atoms with Gasteiger partial charge in [0.05, 0.1) is 0 Å². The lowest BCUT2D eigenvalue weighted by Crippen LogP contribution is -2.37. The van der Waals surface area contributed by atoms with Crippen molar-refractivity contribution < 1.29 is 0 Å². The topological polar surface area (TPSA) is 18.5 Å². The van der Waals surface area contributed by atoms with E-state index in [1.54, 1.807) is 0 Å². The second kappa shape index (κ2) is 8.40. The SMILES string of the molecule is CCN(CC)c1ccc(CNC[C@@H]2CCCN2CC)cc1. The highest BCUT2D eigenvalue weighted by Gasteiger charge is 2.21. The molecule has 0 aliphatic carbocycles. The van der Waals surface area contributed by atoms with Gasteiger partial charge in [-0.25, -0.2) is 0 Å². The first-order valence-corrected chi connectivity index (χ1v) is 8.57. The maximum absolute atomic E-state index is 3.63. The molecule has 1 fully saturated rings. The molecule has 1 aliphatic heterocycles. The van der Waals surface area contributed by atoms with Crippen LogP contribution in [0.3, 0.4) is 0 Å². The fourth-order valence-electron chi connectivity index (χ4n) is 3.34. The molecule has 1 aromatic carbocycles. The number of likely N-dealkylation sites (N-methyl/N-ethyl adjacent to an activating group) is 1. The molecule has 118 valence electrons. The summed E-state index contributed by atoms with van der Waals surface area (Å²) in [6, 6.07) is 9.75. The molecule has 3 nitrogen and oxygen atoms in total. The zero-order valence-corrected chi connectivity index (χ0v) is 13.9. The Balaban J connectivity index is 1.78. The van der Waals surface area contributed by atoms with Crippen LogP contribution < -0.4 is 10.2 Å². The molecule has 2 rings (SSSR count). The highest BCUT2D eigenvalue weighted by Crippen LogP contribution is 2.17. The van der Waals surface area contributed by atoms with Gasteiger partial charge in [0, 0.05) is 37.9 Å². The third-order valence-electron chi connectivity index (χ3n) is 4.68. The molecule has 0 spiro atoms. The Morgan fingerprint density at radius 3 is 2.48 bits per heavy atom. The van der Waals surface area contributed by atoms with Gasteiger partial charge in [0.15, 0.2) is 0 Å². The first-order valence-electron chi connectivity index (χ1n) is 8.57. The summed E-state index contributed by atoms with van der Waals surface area (Å²) in [5.41, 5.74) is 2.71. The van der Waals surface area contributed by atoms with Gasteiger partial charge in [-0.2, -0.15) is 0 Å². The van der Waals surface area contributed by atoms with Gasteiger partial charge in [-0.1, -0.05) is 19.1 Å². The van der Waals surface area contributed by atoms with Gasteiger partial charge in [-0.3, -0.25) is 4.90 Å². The molecule has 21 heavy (non-hydrogen) atoms. The minimum Gasteiger partial charge on any atom is -0.372 e. The summed E-state index contributed by atoms with van der Waals surface area (Å²) >= 11 is 0. The fourth-order valence-corrected chi connectivity index (χ4v) is 3.34. The summed E-state index contributed by atoms with van der Waals surface area (Å²) in [4.78, 5) is 4.98. The van der Waals surface area contributed by atoms with Crippen molar-refractivity contribution in [2.75, 3.05) is 37.6 Å². The predicted molar refractivity (Wildman–Crippen MR) is 92.0 cm³/mol. The first kappa shape index (κ1) is 16.3. The van der Waals surface area contributed by atoms with E-state index in [2.05, 4.69) is 60.2 Å². The molecule has 1 aliphatic rings. The van der Waals surface area contributed by atoms with Crippen LogP contribution in [0.25, 0.3) is 0 Å². The molecular weight excluding hydrogens is 258 g/mol. The number of benzene rings is 1. The lowest BCUT2D eigenvalue weighted by molar-refractivity contribution is 0.260. The van der Waals surface area contributed by atoms with E-state index in [9.17, 15) is 0 Å². The Morgan fingerprint density at radius 1 is 1.14 bits per heavy atom. The number of hydrogen-bond donors (Lipinski definition) is 1. The molecule has 0 saturated carbocycles. The van der Waals surface area contributed by atoms with Crippen molar-refractivity contribution in [3.63, 3.8) is 0 Å². The predicted octanol–water partition coefficient (Wildman–Crippen LogP) is 3.11. The molecule has 3 heteroatoms. The highest BCUT2D eigenvalue weighted by atomic mass is 15.2. The second-order valence-electron chi connectivity index (χ2n) is 5.89. The van der Waals surface area contributed by atoms with Crippen LogP contribution in [0.4, 0.5) is 5.69 Å². The number of likely N-dealkylation sites (tertiary alicyclic amines) is 1. The van der Waals surface area contributed by atoms with Gasteiger partial charge in [0.25, 0.3) is 0 Å². The van der Waals surface area contributed by atoms with Gasteiger partial charge in [-0.05, 0) is 57.5 Å². The molecule has 1 saturated heterocycles. The van der Waals surface area contributed by atoms with Crippen LogP contribution in [0.1, 0.15) is 39.2 Å². The van der Waals surface area contributed by atoms with Crippen molar-refractivity contribution in [2.45, 2.75) is 46.2 Å². The second-order valence-corrected chi connectivity index (χ2v) is 5.89. The minimum atomic E-state index is 0.741. The zero-order chi connectivity index (χ0) is 15.1. The van der Waals surface area contributed by atoms with Gasteiger partial charge in [0.1, 0.15) is 0 Å². The van der Waals surface area contributed by atoms with E-state index >= 15 is 0 Å². The average molecular weight is 289 g/mol. The van der Waals surface area contributed by atoms with E-state index in [1.165, 1.54) is 37.2 Å². The smallest absolute Gasteiger partial charge is 0.0366 e. The molecule has 1 atom stereocenters. The summed E-state index contributed by atoms with van der Waals surface area (Å²) in [6.07, 6.45) is 2.71. The van der Waals surface area contributed by atoms with Gasteiger partial charge in [0.2, 0.25) is 0 Å². The summed E-state index contributed by atoms with van der Waals surface area (Å²) in [5, 5.41) is 3.63. The Kier molecular flexibility index (Phi) is 6.52. The van der Waals surface area contributed by atoms with E-state index in [0.717, 1.165) is 32.2 Å². The molecule has 0 amide bonds. The van der Waals surface area contributed by atoms with Crippen LogP contribution in [0, 0.1) is 0 Å². The molecule has 0 bridgehead atoms. The standard InChI is InChI=1S/C18H31N3/c1-4-20(5-2)17-11-9-16(10-12-17)14-19-15-18-8-7-13-21(18)6-3/h9-12,18-19H,4-8,13-15H2,1-3H3/t18-/m0/s1. The maximum atomic E-state index is 3.63. The van der Waals surface area contributed by atoms with Gasteiger partial charge < -0.3 is 10.2 Å².